The Balaban J connectivity index is 1.62. The van der Waals surface area contributed by atoms with Gasteiger partial charge in [0.05, 0.1) is 10.9 Å². The lowest BCUT2D eigenvalue weighted by Crippen LogP contribution is -2.43. The third-order valence-corrected chi connectivity index (χ3v) is 6.89. The standard InChI is InChI=1S/C27H29F2N3O2/c1-18-6-2-3-10-22(18)26-30-24-12-11-21(34-17-25(28)29)14-23(24)27(33)32(26)16-19-7-5-13-31(15-19)20-8-4-9-20/h2-3,6,10-12,14,16,20,25H,4-5,7-9,13,15,17H2,1H3/b19-16-. The molecule has 0 unspecified atom stereocenters. The van der Waals surface area contributed by atoms with E-state index in [-0.39, 0.29) is 11.3 Å². The Hall–Kier alpha value is -3.06. The number of benzene rings is 2. The lowest BCUT2D eigenvalue weighted by Gasteiger charge is -2.40. The molecule has 2 heterocycles. The van der Waals surface area contributed by atoms with Crippen LogP contribution in [0.25, 0.3) is 28.5 Å². The van der Waals surface area contributed by atoms with Crippen molar-refractivity contribution in [2.75, 3.05) is 19.7 Å². The molecule has 1 aliphatic carbocycles. The van der Waals surface area contributed by atoms with Crippen molar-refractivity contribution in [3.05, 3.63) is 64.0 Å². The van der Waals surface area contributed by atoms with Crippen LogP contribution in [-0.4, -0.2) is 46.6 Å². The third-order valence-electron chi connectivity index (χ3n) is 6.89. The molecule has 1 aliphatic heterocycles. The molecule has 0 spiro atoms. The summed E-state index contributed by atoms with van der Waals surface area (Å²) in [6, 6.07) is 13.3. The second-order valence-corrected chi connectivity index (χ2v) is 9.25. The number of hydrogen-bond acceptors (Lipinski definition) is 4. The second kappa shape index (κ2) is 9.66. The van der Waals surface area contributed by atoms with E-state index < -0.39 is 13.0 Å². The molecule has 178 valence electrons. The lowest BCUT2D eigenvalue weighted by molar-refractivity contribution is 0.0820. The quantitative estimate of drug-likeness (QED) is 0.482. The van der Waals surface area contributed by atoms with Crippen LogP contribution in [0.15, 0.2) is 52.8 Å². The van der Waals surface area contributed by atoms with Gasteiger partial charge in [0.25, 0.3) is 12.0 Å². The summed E-state index contributed by atoms with van der Waals surface area (Å²) in [6.45, 7) is 3.25. The Kier molecular flexibility index (Phi) is 6.46. The number of nitrogens with zero attached hydrogens (tertiary/aromatic N) is 3. The van der Waals surface area contributed by atoms with E-state index in [0.717, 1.165) is 37.1 Å². The van der Waals surface area contributed by atoms with Crippen LogP contribution in [-0.2, 0) is 0 Å². The Morgan fingerprint density at radius 1 is 1.18 bits per heavy atom. The van der Waals surface area contributed by atoms with Crippen LogP contribution in [0.1, 0.15) is 37.7 Å². The topological polar surface area (TPSA) is 47.4 Å². The van der Waals surface area contributed by atoms with Gasteiger partial charge in [0.1, 0.15) is 18.2 Å². The zero-order valence-corrected chi connectivity index (χ0v) is 19.3. The van der Waals surface area contributed by atoms with Gasteiger partial charge in [0.15, 0.2) is 0 Å². The van der Waals surface area contributed by atoms with Gasteiger partial charge in [-0.15, -0.1) is 0 Å². The molecule has 1 saturated heterocycles. The maximum Gasteiger partial charge on any atom is 0.272 e. The van der Waals surface area contributed by atoms with Crippen LogP contribution < -0.4 is 10.3 Å². The summed E-state index contributed by atoms with van der Waals surface area (Å²) in [5, 5.41) is 0.354. The molecular weight excluding hydrogens is 436 g/mol. The number of aryl methyl sites for hydroxylation is 1. The minimum atomic E-state index is -2.58. The Bertz CT molecular complexity index is 1280. The highest BCUT2D eigenvalue weighted by atomic mass is 19.3. The van der Waals surface area contributed by atoms with Crippen molar-refractivity contribution in [2.45, 2.75) is 51.5 Å². The number of aromatic nitrogens is 2. The van der Waals surface area contributed by atoms with Crippen molar-refractivity contribution in [3.63, 3.8) is 0 Å². The first kappa shape index (κ1) is 22.7. The zero-order valence-electron chi connectivity index (χ0n) is 19.3. The molecule has 1 aromatic heterocycles. The number of hydrogen-bond donors (Lipinski definition) is 0. The van der Waals surface area contributed by atoms with E-state index in [2.05, 4.69) is 4.90 Å². The van der Waals surface area contributed by atoms with Crippen LogP contribution in [0.4, 0.5) is 8.78 Å². The SMILES string of the molecule is Cc1ccccc1-c1nc2ccc(OCC(F)F)cc2c(=O)n1/C=C1/CCCN(C2CCC2)C1. The van der Waals surface area contributed by atoms with Crippen molar-refractivity contribution in [1.29, 1.82) is 0 Å². The van der Waals surface area contributed by atoms with Crippen LogP contribution in [0.5, 0.6) is 5.75 Å². The fraction of sp³-hybridized carbons (Fsp3) is 0.407. The maximum atomic E-state index is 13.7. The Labute approximate surface area is 197 Å². The molecule has 7 heteroatoms. The lowest BCUT2D eigenvalue weighted by atomic mass is 9.89. The molecule has 0 amide bonds. The van der Waals surface area contributed by atoms with Crippen molar-refractivity contribution >= 4 is 17.1 Å². The number of piperidine rings is 1. The van der Waals surface area contributed by atoms with Crippen LogP contribution >= 0.6 is 0 Å². The number of rotatable bonds is 6. The second-order valence-electron chi connectivity index (χ2n) is 9.25. The minimum absolute atomic E-state index is 0.223. The monoisotopic (exact) mass is 465 g/mol. The predicted octanol–water partition coefficient (Wildman–Crippen LogP) is 5.51. The molecule has 2 fully saturated rings. The van der Waals surface area contributed by atoms with Gasteiger partial charge in [0, 0.05) is 24.4 Å². The summed E-state index contributed by atoms with van der Waals surface area (Å²) in [4.78, 5) is 21.1. The summed E-state index contributed by atoms with van der Waals surface area (Å²) in [6.07, 6.45) is 5.18. The maximum absolute atomic E-state index is 13.7. The summed E-state index contributed by atoms with van der Waals surface area (Å²) < 4.78 is 32.0. The van der Waals surface area contributed by atoms with Crippen LogP contribution in [0, 0.1) is 6.92 Å². The number of ether oxygens (including phenoxy) is 1. The minimum Gasteiger partial charge on any atom is -0.488 e. The van der Waals surface area contributed by atoms with Gasteiger partial charge < -0.3 is 4.74 Å². The van der Waals surface area contributed by atoms with Crippen LogP contribution in [0.3, 0.4) is 0 Å². The van der Waals surface area contributed by atoms with Gasteiger partial charge in [-0.2, -0.15) is 0 Å². The van der Waals surface area contributed by atoms with E-state index in [4.69, 9.17) is 9.72 Å². The summed E-state index contributed by atoms with van der Waals surface area (Å²) in [5.41, 5.74) is 3.42. The number of likely N-dealkylation sites (tertiary alicyclic amines) is 1. The molecule has 2 aliphatic rings. The largest absolute Gasteiger partial charge is 0.488 e. The molecule has 34 heavy (non-hydrogen) atoms. The molecular formula is C27H29F2N3O2. The van der Waals surface area contributed by atoms with E-state index in [0.29, 0.717) is 22.8 Å². The molecule has 1 saturated carbocycles. The van der Waals surface area contributed by atoms with E-state index in [1.807, 2.05) is 37.4 Å². The normalized spacial score (nSPS) is 18.5. The van der Waals surface area contributed by atoms with Crippen molar-refractivity contribution in [3.8, 4) is 17.1 Å². The number of halogens is 2. The summed E-state index contributed by atoms with van der Waals surface area (Å²) in [5.74, 6) is 0.827. The third kappa shape index (κ3) is 4.62. The number of alkyl halides is 2. The first-order chi connectivity index (χ1) is 16.5. The van der Waals surface area contributed by atoms with E-state index in [1.165, 1.54) is 30.9 Å². The fourth-order valence-corrected chi connectivity index (χ4v) is 4.84. The van der Waals surface area contributed by atoms with Crippen molar-refractivity contribution in [1.82, 2.24) is 14.5 Å². The molecule has 0 bridgehead atoms. The molecule has 3 aromatic rings. The fourth-order valence-electron chi connectivity index (χ4n) is 4.84. The van der Waals surface area contributed by atoms with E-state index in [9.17, 15) is 13.6 Å². The van der Waals surface area contributed by atoms with Gasteiger partial charge >= 0.3 is 0 Å². The first-order valence-corrected chi connectivity index (χ1v) is 12.0. The molecule has 5 rings (SSSR count). The highest BCUT2D eigenvalue weighted by Gasteiger charge is 2.27. The smallest absolute Gasteiger partial charge is 0.272 e. The van der Waals surface area contributed by atoms with E-state index in [1.54, 1.807) is 16.7 Å². The molecule has 0 atom stereocenters. The molecule has 0 N–H and O–H groups in total. The molecule has 2 aromatic carbocycles. The van der Waals surface area contributed by atoms with Gasteiger partial charge in [-0.05, 0) is 68.5 Å². The van der Waals surface area contributed by atoms with Gasteiger partial charge in [0.2, 0.25) is 0 Å². The Morgan fingerprint density at radius 3 is 2.74 bits per heavy atom. The van der Waals surface area contributed by atoms with E-state index >= 15 is 0 Å². The molecule has 0 radical (unpaired) electrons. The van der Waals surface area contributed by atoms with Gasteiger partial charge in [-0.1, -0.05) is 30.7 Å². The Morgan fingerprint density at radius 2 is 2.00 bits per heavy atom. The van der Waals surface area contributed by atoms with Gasteiger partial charge in [-0.3, -0.25) is 14.3 Å². The van der Waals surface area contributed by atoms with Gasteiger partial charge in [-0.25, -0.2) is 13.8 Å². The average molecular weight is 466 g/mol. The number of fused-ring (bicyclic) bond motifs is 1. The highest BCUT2D eigenvalue weighted by molar-refractivity contribution is 5.82. The first-order valence-electron chi connectivity index (χ1n) is 12.0. The van der Waals surface area contributed by atoms with Crippen molar-refractivity contribution in [2.24, 2.45) is 0 Å². The average Bonchev–Trinajstić information content (AvgIpc) is 2.79. The zero-order chi connectivity index (χ0) is 23.7. The summed E-state index contributed by atoms with van der Waals surface area (Å²) >= 11 is 0. The van der Waals surface area contributed by atoms with Crippen molar-refractivity contribution < 1.29 is 13.5 Å². The summed E-state index contributed by atoms with van der Waals surface area (Å²) in [7, 11) is 0. The highest BCUT2D eigenvalue weighted by Crippen LogP contribution is 2.30. The molecule has 5 nitrogen and oxygen atoms in total. The van der Waals surface area contributed by atoms with Crippen LogP contribution in [0.2, 0.25) is 0 Å². The predicted molar refractivity (Wildman–Crippen MR) is 130 cm³/mol.